The van der Waals surface area contributed by atoms with E-state index in [1.807, 2.05) is 0 Å². The van der Waals surface area contributed by atoms with Gasteiger partial charge in [0.05, 0.1) is 18.8 Å². The lowest BCUT2D eigenvalue weighted by atomic mass is 10.2. The molecule has 2 aliphatic rings. The molecule has 3 rings (SSSR count). The van der Waals surface area contributed by atoms with Gasteiger partial charge in [-0.2, -0.15) is 0 Å². The Hall–Kier alpha value is -1.31. The van der Waals surface area contributed by atoms with Gasteiger partial charge in [-0.1, -0.05) is 11.6 Å². The molecule has 2 aliphatic heterocycles. The second kappa shape index (κ2) is 6.67. The summed E-state index contributed by atoms with van der Waals surface area (Å²) in [6.07, 6.45) is 0.976. The zero-order valence-corrected chi connectivity index (χ0v) is 14.2. The summed E-state index contributed by atoms with van der Waals surface area (Å²) in [5, 5.41) is 3.18. The molecule has 0 aromatic heterocycles. The minimum Gasteiger partial charge on any atom is -0.439 e. The number of ether oxygens (including phenoxy) is 1. The van der Waals surface area contributed by atoms with Crippen LogP contribution in [0.3, 0.4) is 0 Å². The van der Waals surface area contributed by atoms with Crippen LogP contribution in [0, 0.1) is 0 Å². The third-order valence-electron chi connectivity index (χ3n) is 4.42. The lowest BCUT2D eigenvalue weighted by molar-refractivity contribution is -0.913. The topological polar surface area (TPSA) is 76.9 Å². The molecule has 0 saturated carbocycles. The maximum absolute atomic E-state index is 12.1. The fourth-order valence-electron chi connectivity index (χ4n) is 3.33. The Morgan fingerprint density at radius 1 is 1.17 bits per heavy atom. The van der Waals surface area contributed by atoms with Crippen LogP contribution in [0.2, 0.25) is 5.02 Å². The SMILES string of the molecule is O=C(Nc1ccc(Cl)cc1)O[C@@H]1CS(=O)(=O)C[C@H]1[NH+]1CCCC1. The normalized spacial score (nSPS) is 27.0. The monoisotopic (exact) mass is 359 g/mol. The third kappa shape index (κ3) is 4.16. The molecule has 2 fully saturated rings. The number of rotatable bonds is 3. The summed E-state index contributed by atoms with van der Waals surface area (Å²) in [4.78, 5) is 13.3. The summed E-state index contributed by atoms with van der Waals surface area (Å²) in [5.41, 5.74) is 0.560. The van der Waals surface area contributed by atoms with E-state index in [1.165, 1.54) is 4.90 Å². The highest BCUT2D eigenvalue weighted by molar-refractivity contribution is 7.91. The molecule has 1 aromatic carbocycles. The summed E-state index contributed by atoms with van der Waals surface area (Å²) in [7, 11) is -3.15. The van der Waals surface area contributed by atoms with Crippen molar-refractivity contribution in [3.8, 4) is 0 Å². The van der Waals surface area contributed by atoms with Crippen molar-refractivity contribution < 1.29 is 22.8 Å². The number of halogens is 1. The molecule has 23 heavy (non-hydrogen) atoms. The molecule has 2 heterocycles. The van der Waals surface area contributed by atoms with E-state index in [0.29, 0.717) is 10.7 Å². The fraction of sp³-hybridized carbons (Fsp3) is 0.533. The predicted molar refractivity (Wildman–Crippen MR) is 87.7 cm³/mol. The summed E-state index contributed by atoms with van der Waals surface area (Å²) >= 11 is 5.80. The Labute approximate surface area is 140 Å². The molecule has 0 spiro atoms. The van der Waals surface area contributed by atoms with Crippen molar-refractivity contribution in [3.05, 3.63) is 29.3 Å². The van der Waals surface area contributed by atoms with Crippen LogP contribution in [0.25, 0.3) is 0 Å². The van der Waals surface area contributed by atoms with Gasteiger partial charge in [-0.05, 0) is 24.3 Å². The number of quaternary nitrogens is 1. The van der Waals surface area contributed by atoms with Crippen molar-refractivity contribution in [2.45, 2.75) is 25.0 Å². The number of hydrogen-bond acceptors (Lipinski definition) is 4. The van der Waals surface area contributed by atoms with Gasteiger partial charge >= 0.3 is 6.09 Å². The molecular formula is C15H20ClN2O4S+. The number of amides is 1. The maximum atomic E-state index is 12.1. The number of sulfone groups is 1. The minimum atomic E-state index is -3.15. The van der Waals surface area contributed by atoms with Gasteiger partial charge in [0.1, 0.15) is 11.8 Å². The number of nitrogens with one attached hydrogen (secondary N) is 2. The molecule has 126 valence electrons. The molecule has 0 unspecified atom stereocenters. The Morgan fingerprint density at radius 3 is 2.48 bits per heavy atom. The largest absolute Gasteiger partial charge is 0.439 e. The minimum absolute atomic E-state index is 0.0881. The number of hydrogen-bond donors (Lipinski definition) is 2. The van der Waals surface area contributed by atoms with Gasteiger partial charge in [-0.15, -0.1) is 0 Å². The number of benzene rings is 1. The first-order valence-electron chi connectivity index (χ1n) is 7.71. The molecule has 1 aromatic rings. The zero-order chi connectivity index (χ0) is 16.4. The van der Waals surface area contributed by atoms with Gasteiger partial charge in [-0.3, -0.25) is 5.32 Å². The van der Waals surface area contributed by atoms with E-state index < -0.39 is 22.0 Å². The van der Waals surface area contributed by atoms with Crippen LogP contribution in [0.1, 0.15) is 12.8 Å². The second-order valence-electron chi connectivity index (χ2n) is 6.12. The molecule has 2 atom stereocenters. The van der Waals surface area contributed by atoms with E-state index in [-0.39, 0.29) is 17.5 Å². The highest BCUT2D eigenvalue weighted by atomic mass is 35.5. The van der Waals surface area contributed by atoms with Crippen molar-refractivity contribution in [1.82, 2.24) is 0 Å². The summed E-state index contributed by atoms with van der Waals surface area (Å²) in [6, 6.07) is 6.50. The summed E-state index contributed by atoms with van der Waals surface area (Å²) in [6.45, 7) is 1.89. The van der Waals surface area contributed by atoms with Gasteiger partial charge in [0.15, 0.2) is 15.9 Å². The lowest BCUT2D eigenvalue weighted by Crippen LogP contribution is -3.15. The molecule has 0 bridgehead atoms. The first-order valence-corrected chi connectivity index (χ1v) is 9.91. The first kappa shape index (κ1) is 16.5. The number of anilines is 1. The molecule has 8 heteroatoms. The predicted octanol–water partition coefficient (Wildman–Crippen LogP) is 0.733. The van der Waals surface area contributed by atoms with Crippen LogP contribution in [0.5, 0.6) is 0 Å². The van der Waals surface area contributed by atoms with Crippen LogP contribution >= 0.6 is 11.6 Å². The van der Waals surface area contributed by atoms with E-state index in [2.05, 4.69) is 5.32 Å². The van der Waals surface area contributed by atoms with E-state index in [0.717, 1.165) is 25.9 Å². The fourth-order valence-corrected chi connectivity index (χ4v) is 5.39. The lowest BCUT2D eigenvalue weighted by Gasteiger charge is -2.24. The van der Waals surface area contributed by atoms with Crippen molar-refractivity contribution >= 4 is 33.2 Å². The highest BCUT2D eigenvalue weighted by Gasteiger charge is 2.47. The Balaban J connectivity index is 1.64. The van der Waals surface area contributed by atoms with E-state index >= 15 is 0 Å². The molecule has 1 amide bonds. The Morgan fingerprint density at radius 2 is 1.83 bits per heavy atom. The quantitative estimate of drug-likeness (QED) is 0.834. The number of likely N-dealkylation sites (tertiary alicyclic amines) is 1. The molecule has 6 nitrogen and oxygen atoms in total. The molecule has 2 N–H and O–H groups in total. The third-order valence-corrected chi connectivity index (χ3v) is 6.38. The number of carbonyl (C=O) groups is 1. The van der Waals surface area contributed by atoms with Gasteiger partial charge in [0.2, 0.25) is 0 Å². The molecule has 2 saturated heterocycles. The number of carbonyl (C=O) groups excluding carboxylic acids is 1. The molecule has 0 aliphatic carbocycles. The van der Waals surface area contributed by atoms with Crippen molar-refractivity contribution in [3.63, 3.8) is 0 Å². The summed E-state index contributed by atoms with van der Waals surface area (Å²) < 4.78 is 29.3. The smallest absolute Gasteiger partial charge is 0.412 e. The maximum Gasteiger partial charge on any atom is 0.412 e. The molecular weight excluding hydrogens is 340 g/mol. The van der Waals surface area contributed by atoms with Crippen LogP contribution in [0.4, 0.5) is 10.5 Å². The van der Waals surface area contributed by atoms with Gasteiger partial charge < -0.3 is 9.64 Å². The second-order valence-corrected chi connectivity index (χ2v) is 8.71. The van der Waals surface area contributed by atoms with E-state index in [4.69, 9.17) is 16.3 Å². The van der Waals surface area contributed by atoms with Crippen molar-refractivity contribution in [1.29, 1.82) is 0 Å². The highest BCUT2D eigenvalue weighted by Crippen LogP contribution is 2.17. The van der Waals surface area contributed by atoms with Gasteiger partial charge in [0.25, 0.3) is 0 Å². The van der Waals surface area contributed by atoms with Gasteiger partial charge in [-0.25, -0.2) is 13.2 Å². The van der Waals surface area contributed by atoms with Crippen molar-refractivity contribution in [2.75, 3.05) is 29.9 Å². The van der Waals surface area contributed by atoms with E-state index in [1.54, 1.807) is 24.3 Å². The summed E-state index contributed by atoms with van der Waals surface area (Å²) in [5.74, 6) is 0.0103. The standard InChI is InChI=1S/C15H19ClN2O4S/c16-11-3-5-12(6-4-11)17-15(19)22-14-10-23(20,21)9-13(14)18-7-1-2-8-18/h3-6,13-14H,1-2,7-10H2,(H,17,19)/p+1/t13-,14-/m1/s1. The Bertz CT molecular complexity index is 671. The first-order chi connectivity index (χ1) is 10.9. The Kier molecular flexibility index (Phi) is 4.79. The van der Waals surface area contributed by atoms with Crippen molar-refractivity contribution in [2.24, 2.45) is 0 Å². The average molecular weight is 360 g/mol. The van der Waals surface area contributed by atoms with Gasteiger partial charge in [0, 0.05) is 23.6 Å². The zero-order valence-electron chi connectivity index (χ0n) is 12.6. The van der Waals surface area contributed by atoms with E-state index in [9.17, 15) is 13.2 Å². The van der Waals surface area contributed by atoms with Crippen LogP contribution < -0.4 is 10.2 Å². The van der Waals surface area contributed by atoms with Crippen LogP contribution in [0.15, 0.2) is 24.3 Å². The van der Waals surface area contributed by atoms with Crippen LogP contribution in [-0.2, 0) is 14.6 Å². The molecule has 0 radical (unpaired) electrons. The average Bonchev–Trinajstić information content (AvgIpc) is 3.09. The van der Waals surface area contributed by atoms with Crippen LogP contribution in [-0.4, -0.2) is 51.3 Å².